The molecule has 0 rings (SSSR count). The van der Waals surface area contributed by atoms with Crippen LogP contribution in [0.1, 0.15) is 26.7 Å². The summed E-state index contributed by atoms with van der Waals surface area (Å²) in [7, 11) is 0. The highest BCUT2D eigenvalue weighted by atomic mass is 16.5. The fraction of sp³-hybridized carbons (Fsp3) is 0.667. The van der Waals surface area contributed by atoms with E-state index in [0.29, 0.717) is 6.61 Å². The molecule has 0 saturated carbocycles. The summed E-state index contributed by atoms with van der Waals surface area (Å²) in [6.07, 6.45) is 1.98. The third kappa shape index (κ3) is 9.19. The van der Waals surface area contributed by atoms with Crippen LogP contribution < -0.4 is 0 Å². The van der Waals surface area contributed by atoms with Gasteiger partial charge in [0.05, 0.1) is 0 Å². The highest BCUT2D eigenvalue weighted by Crippen LogP contribution is 1.81. The number of ketones is 1. The van der Waals surface area contributed by atoms with Crippen molar-refractivity contribution in [2.24, 2.45) is 0 Å². The molecule has 0 N–H and O–H groups in total. The third-order valence-corrected chi connectivity index (χ3v) is 0.980. The van der Waals surface area contributed by atoms with Crippen molar-refractivity contribution in [3.8, 4) is 11.8 Å². The van der Waals surface area contributed by atoms with Crippen molar-refractivity contribution in [2.45, 2.75) is 26.7 Å². The van der Waals surface area contributed by atoms with Gasteiger partial charge in [0.15, 0.2) is 5.78 Å². The molecule has 0 aliphatic heterocycles. The van der Waals surface area contributed by atoms with Crippen molar-refractivity contribution < 1.29 is 9.53 Å². The molecule has 0 aromatic carbocycles. The topological polar surface area (TPSA) is 26.3 Å². The van der Waals surface area contributed by atoms with Gasteiger partial charge >= 0.3 is 0 Å². The van der Waals surface area contributed by atoms with Crippen molar-refractivity contribution in [3.05, 3.63) is 0 Å². The van der Waals surface area contributed by atoms with Gasteiger partial charge in [0.1, 0.15) is 13.2 Å². The summed E-state index contributed by atoms with van der Waals surface area (Å²) in [5.41, 5.74) is 0. The van der Waals surface area contributed by atoms with Gasteiger partial charge < -0.3 is 4.74 Å². The van der Waals surface area contributed by atoms with Crippen molar-refractivity contribution >= 4 is 5.78 Å². The van der Waals surface area contributed by atoms with Crippen molar-refractivity contribution in [1.29, 1.82) is 0 Å². The summed E-state index contributed by atoms with van der Waals surface area (Å²) in [5.74, 6) is 5.78. The molecule has 0 bridgehead atoms. The Morgan fingerprint density at radius 3 is 2.73 bits per heavy atom. The number of hydrogen-bond acceptors (Lipinski definition) is 2. The Kier molecular flexibility index (Phi) is 6.76. The van der Waals surface area contributed by atoms with Crippen LogP contribution in [0.15, 0.2) is 0 Å². The molecular weight excluding hydrogens is 140 g/mol. The molecule has 0 aliphatic carbocycles. The Balaban J connectivity index is 3.15. The van der Waals surface area contributed by atoms with Crippen LogP contribution in [0.2, 0.25) is 0 Å². The minimum atomic E-state index is 0.0438. The molecule has 62 valence electrons. The molecule has 0 atom stereocenters. The van der Waals surface area contributed by atoms with Crippen LogP contribution in [0.4, 0.5) is 0 Å². The molecule has 0 aromatic heterocycles. The van der Waals surface area contributed by atoms with E-state index in [0.717, 1.165) is 12.8 Å². The third-order valence-electron chi connectivity index (χ3n) is 0.980. The molecule has 2 nitrogen and oxygen atoms in total. The Bertz CT molecular complexity index is 162. The predicted molar refractivity (Wildman–Crippen MR) is 44.2 cm³/mol. The minimum Gasteiger partial charge on any atom is -0.361 e. The second-order valence-corrected chi connectivity index (χ2v) is 2.30. The van der Waals surface area contributed by atoms with E-state index in [9.17, 15) is 4.79 Å². The highest BCUT2D eigenvalue weighted by Gasteiger charge is 1.88. The maximum atomic E-state index is 10.4. The van der Waals surface area contributed by atoms with E-state index in [-0.39, 0.29) is 12.4 Å². The molecule has 0 unspecified atom stereocenters. The largest absolute Gasteiger partial charge is 0.361 e. The smallest absolute Gasteiger partial charge is 0.155 e. The Morgan fingerprint density at radius 1 is 1.45 bits per heavy atom. The molecule has 0 radical (unpaired) electrons. The molecule has 0 aliphatic rings. The average molecular weight is 154 g/mol. The molecule has 0 fully saturated rings. The number of hydrogen-bond donors (Lipinski definition) is 0. The lowest BCUT2D eigenvalue weighted by atomic mass is 10.3. The van der Waals surface area contributed by atoms with Gasteiger partial charge in [-0.15, -0.1) is 5.92 Å². The molecule has 0 aromatic rings. The quantitative estimate of drug-likeness (QED) is 0.452. The highest BCUT2D eigenvalue weighted by molar-refractivity contribution is 5.76. The van der Waals surface area contributed by atoms with Crippen LogP contribution in [0, 0.1) is 11.8 Å². The van der Waals surface area contributed by atoms with E-state index < -0.39 is 0 Å². The van der Waals surface area contributed by atoms with E-state index in [1.807, 2.05) is 0 Å². The zero-order valence-electron chi connectivity index (χ0n) is 7.14. The zero-order chi connectivity index (χ0) is 8.53. The zero-order valence-corrected chi connectivity index (χ0v) is 7.14. The number of carbonyl (C=O) groups excluding carboxylic acids is 1. The molecule has 11 heavy (non-hydrogen) atoms. The van der Waals surface area contributed by atoms with Crippen molar-refractivity contribution in [3.63, 3.8) is 0 Å². The molecule has 0 heterocycles. The van der Waals surface area contributed by atoms with Crippen LogP contribution in [0.25, 0.3) is 0 Å². The lowest BCUT2D eigenvalue weighted by Crippen LogP contribution is -2.03. The average Bonchev–Trinajstić information content (AvgIpc) is 1.96. The Hall–Kier alpha value is -0.810. The monoisotopic (exact) mass is 154 g/mol. The fourth-order valence-electron chi connectivity index (χ4n) is 0.510. The number of ether oxygens (including phenoxy) is 1. The summed E-state index contributed by atoms with van der Waals surface area (Å²) in [6.45, 7) is 4.13. The number of rotatable bonds is 4. The SMILES string of the molecule is CCCC#CCOCC(C)=O. The van der Waals surface area contributed by atoms with Crippen molar-refractivity contribution in [1.82, 2.24) is 0 Å². The molecule has 2 heteroatoms. The van der Waals surface area contributed by atoms with Crippen LogP contribution >= 0.6 is 0 Å². The van der Waals surface area contributed by atoms with E-state index in [2.05, 4.69) is 18.8 Å². The summed E-state index contributed by atoms with van der Waals surface area (Å²) >= 11 is 0. The molecule has 0 amide bonds. The summed E-state index contributed by atoms with van der Waals surface area (Å²) in [4.78, 5) is 10.4. The maximum Gasteiger partial charge on any atom is 0.155 e. The van der Waals surface area contributed by atoms with E-state index in [1.165, 1.54) is 6.92 Å². The van der Waals surface area contributed by atoms with E-state index in [4.69, 9.17) is 4.74 Å². The van der Waals surface area contributed by atoms with E-state index >= 15 is 0 Å². The first kappa shape index (κ1) is 10.2. The van der Waals surface area contributed by atoms with Gasteiger partial charge in [0.25, 0.3) is 0 Å². The van der Waals surface area contributed by atoms with Crippen LogP contribution in [0.5, 0.6) is 0 Å². The van der Waals surface area contributed by atoms with Gasteiger partial charge in [-0.25, -0.2) is 0 Å². The summed E-state index contributed by atoms with van der Waals surface area (Å²) in [6, 6.07) is 0. The van der Waals surface area contributed by atoms with Gasteiger partial charge in [-0.1, -0.05) is 12.8 Å². The van der Waals surface area contributed by atoms with Crippen LogP contribution in [-0.2, 0) is 9.53 Å². The predicted octanol–water partition coefficient (Wildman–Crippen LogP) is 1.40. The van der Waals surface area contributed by atoms with Crippen LogP contribution in [-0.4, -0.2) is 19.0 Å². The molecular formula is C9H14O2. The minimum absolute atomic E-state index is 0.0438. The molecule has 0 spiro atoms. The van der Waals surface area contributed by atoms with Gasteiger partial charge in [0, 0.05) is 6.42 Å². The number of Topliss-reactive ketones (excluding diaryl/α,β-unsaturated/α-hetero) is 1. The second-order valence-electron chi connectivity index (χ2n) is 2.30. The fourth-order valence-corrected chi connectivity index (χ4v) is 0.510. The van der Waals surface area contributed by atoms with Gasteiger partial charge in [-0.3, -0.25) is 4.79 Å². The molecule has 0 saturated heterocycles. The van der Waals surface area contributed by atoms with Gasteiger partial charge in [-0.2, -0.15) is 0 Å². The first-order valence-corrected chi connectivity index (χ1v) is 3.80. The first-order chi connectivity index (χ1) is 5.27. The standard InChI is InChI=1S/C9H14O2/c1-3-4-5-6-7-11-8-9(2)10/h3-4,7-8H2,1-2H3. The van der Waals surface area contributed by atoms with Crippen LogP contribution in [0.3, 0.4) is 0 Å². The lowest BCUT2D eigenvalue weighted by molar-refractivity contribution is -0.120. The maximum absolute atomic E-state index is 10.4. The Labute approximate surface area is 67.9 Å². The Morgan fingerprint density at radius 2 is 2.18 bits per heavy atom. The lowest BCUT2D eigenvalue weighted by Gasteiger charge is -1.92. The summed E-state index contributed by atoms with van der Waals surface area (Å²) in [5, 5.41) is 0. The number of carbonyl (C=O) groups is 1. The van der Waals surface area contributed by atoms with Gasteiger partial charge in [0.2, 0.25) is 0 Å². The number of unbranched alkanes of at least 4 members (excludes halogenated alkanes) is 1. The van der Waals surface area contributed by atoms with Gasteiger partial charge in [-0.05, 0) is 13.3 Å². The van der Waals surface area contributed by atoms with E-state index in [1.54, 1.807) is 0 Å². The second kappa shape index (κ2) is 7.30. The first-order valence-electron chi connectivity index (χ1n) is 3.80. The summed E-state index contributed by atoms with van der Waals surface area (Å²) < 4.78 is 4.92. The van der Waals surface area contributed by atoms with Crippen molar-refractivity contribution in [2.75, 3.05) is 13.2 Å². The normalized spacial score (nSPS) is 8.55.